The van der Waals surface area contributed by atoms with Crippen LogP contribution in [0.15, 0.2) is 79.1 Å². The standard InChI is InChI=1S/C22H23N3S/c1-16(2)17-8-10-20(11-9-17)24-22(26)25-21(18-6-4-3-5-7-18)19-12-14-23-15-13-19/h3-16,21H,1-2H3,(H2,24,25,26)/t21-/m0/s1. The summed E-state index contributed by atoms with van der Waals surface area (Å²) >= 11 is 5.56. The number of anilines is 1. The van der Waals surface area contributed by atoms with E-state index >= 15 is 0 Å². The molecule has 3 aromatic rings. The first kappa shape index (κ1) is 18.1. The summed E-state index contributed by atoms with van der Waals surface area (Å²) in [4.78, 5) is 4.11. The topological polar surface area (TPSA) is 37.0 Å². The summed E-state index contributed by atoms with van der Waals surface area (Å²) in [5.41, 5.74) is 4.56. The van der Waals surface area contributed by atoms with E-state index in [0.29, 0.717) is 11.0 Å². The summed E-state index contributed by atoms with van der Waals surface area (Å²) in [6.45, 7) is 4.38. The quantitative estimate of drug-likeness (QED) is 0.606. The maximum absolute atomic E-state index is 5.56. The summed E-state index contributed by atoms with van der Waals surface area (Å²) < 4.78 is 0. The van der Waals surface area contributed by atoms with Crippen LogP contribution >= 0.6 is 12.2 Å². The Morgan fingerprint density at radius 1 is 0.808 bits per heavy atom. The van der Waals surface area contributed by atoms with Crippen LogP contribution in [-0.2, 0) is 0 Å². The van der Waals surface area contributed by atoms with Crippen LogP contribution in [0.3, 0.4) is 0 Å². The summed E-state index contributed by atoms with van der Waals surface area (Å²) in [6, 6.07) is 22.6. The van der Waals surface area contributed by atoms with Crippen molar-refractivity contribution in [1.29, 1.82) is 0 Å². The molecule has 2 N–H and O–H groups in total. The molecule has 1 atom stereocenters. The highest BCUT2D eigenvalue weighted by Gasteiger charge is 2.15. The Morgan fingerprint density at radius 2 is 1.42 bits per heavy atom. The summed E-state index contributed by atoms with van der Waals surface area (Å²) in [5, 5.41) is 7.30. The fraction of sp³-hybridized carbons (Fsp3) is 0.182. The molecule has 132 valence electrons. The van der Waals surface area contributed by atoms with Crippen molar-refractivity contribution in [2.24, 2.45) is 0 Å². The van der Waals surface area contributed by atoms with Crippen molar-refractivity contribution in [3.05, 3.63) is 95.8 Å². The van der Waals surface area contributed by atoms with Crippen molar-refractivity contribution in [3.8, 4) is 0 Å². The highest BCUT2D eigenvalue weighted by atomic mass is 32.1. The van der Waals surface area contributed by atoms with Crippen molar-refractivity contribution < 1.29 is 0 Å². The molecule has 0 saturated heterocycles. The minimum Gasteiger partial charge on any atom is -0.352 e. The molecule has 0 aliphatic rings. The first-order chi connectivity index (χ1) is 12.6. The number of pyridine rings is 1. The van der Waals surface area contributed by atoms with Gasteiger partial charge in [0.1, 0.15) is 0 Å². The molecular formula is C22H23N3S. The van der Waals surface area contributed by atoms with Gasteiger partial charge in [0.05, 0.1) is 6.04 Å². The second-order valence-electron chi connectivity index (χ2n) is 6.50. The number of hydrogen-bond acceptors (Lipinski definition) is 2. The van der Waals surface area contributed by atoms with E-state index < -0.39 is 0 Å². The molecule has 0 aliphatic heterocycles. The second-order valence-corrected chi connectivity index (χ2v) is 6.91. The number of nitrogens with zero attached hydrogens (tertiary/aromatic N) is 1. The van der Waals surface area contributed by atoms with Crippen LogP contribution in [0.4, 0.5) is 5.69 Å². The molecule has 2 aromatic carbocycles. The van der Waals surface area contributed by atoms with Gasteiger partial charge in [-0.1, -0.05) is 56.3 Å². The zero-order chi connectivity index (χ0) is 18.4. The maximum atomic E-state index is 5.56. The van der Waals surface area contributed by atoms with Gasteiger partial charge in [-0.25, -0.2) is 0 Å². The third kappa shape index (κ3) is 4.67. The van der Waals surface area contributed by atoms with Gasteiger partial charge in [0, 0.05) is 18.1 Å². The number of thiocarbonyl (C=S) groups is 1. The Morgan fingerprint density at radius 3 is 2.04 bits per heavy atom. The van der Waals surface area contributed by atoms with Gasteiger partial charge in [0.25, 0.3) is 0 Å². The van der Waals surface area contributed by atoms with Gasteiger partial charge in [0.15, 0.2) is 5.11 Å². The average molecular weight is 362 g/mol. The highest BCUT2D eigenvalue weighted by molar-refractivity contribution is 7.80. The molecule has 0 bridgehead atoms. The van der Waals surface area contributed by atoms with Gasteiger partial charge >= 0.3 is 0 Å². The van der Waals surface area contributed by atoms with Crippen molar-refractivity contribution in [2.45, 2.75) is 25.8 Å². The van der Waals surface area contributed by atoms with Crippen LogP contribution in [0.25, 0.3) is 0 Å². The predicted molar refractivity (Wildman–Crippen MR) is 112 cm³/mol. The van der Waals surface area contributed by atoms with Crippen molar-refractivity contribution >= 4 is 23.0 Å². The fourth-order valence-corrected chi connectivity index (χ4v) is 3.05. The lowest BCUT2D eigenvalue weighted by Gasteiger charge is -2.22. The van der Waals surface area contributed by atoms with Crippen molar-refractivity contribution in [2.75, 3.05) is 5.32 Å². The number of aromatic nitrogens is 1. The molecule has 3 nitrogen and oxygen atoms in total. The Labute approximate surface area is 160 Å². The third-order valence-corrected chi connectivity index (χ3v) is 4.50. The van der Waals surface area contributed by atoms with Gasteiger partial charge in [-0.15, -0.1) is 0 Å². The summed E-state index contributed by atoms with van der Waals surface area (Å²) in [5.74, 6) is 0.517. The van der Waals surface area contributed by atoms with E-state index in [1.165, 1.54) is 5.56 Å². The summed E-state index contributed by atoms with van der Waals surface area (Å²) in [6.07, 6.45) is 3.60. The van der Waals surface area contributed by atoms with E-state index in [1.54, 1.807) is 12.4 Å². The van der Waals surface area contributed by atoms with E-state index in [0.717, 1.165) is 16.8 Å². The van der Waals surface area contributed by atoms with Crippen LogP contribution in [0.1, 0.15) is 42.5 Å². The molecule has 0 unspecified atom stereocenters. The lowest BCUT2D eigenvalue weighted by molar-refractivity contribution is 0.767. The first-order valence-corrected chi connectivity index (χ1v) is 9.16. The van der Waals surface area contributed by atoms with Gasteiger partial charge < -0.3 is 10.6 Å². The molecule has 0 radical (unpaired) electrons. The third-order valence-electron chi connectivity index (χ3n) is 4.28. The van der Waals surface area contributed by atoms with Gasteiger partial charge in [-0.2, -0.15) is 0 Å². The number of benzene rings is 2. The number of hydrogen-bond donors (Lipinski definition) is 2. The number of nitrogens with one attached hydrogen (secondary N) is 2. The molecule has 3 rings (SSSR count). The predicted octanol–water partition coefficient (Wildman–Crippen LogP) is 5.28. The second kappa shape index (κ2) is 8.59. The first-order valence-electron chi connectivity index (χ1n) is 8.76. The van der Waals surface area contributed by atoms with Gasteiger partial charge in [-0.3, -0.25) is 4.98 Å². The smallest absolute Gasteiger partial charge is 0.171 e. The lowest BCUT2D eigenvalue weighted by atomic mass is 10.00. The van der Waals surface area contributed by atoms with Crippen LogP contribution in [-0.4, -0.2) is 10.1 Å². The van der Waals surface area contributed by atoms with Crippen LogP contribution in [0.2, 0.25) is 0 Å². The summed E-state index contributed by atoms with van der Waals surface area (Å²) in [7, 11) is 0. The molecule has 1 heterocycles. The Bertz CT molecular complexity index is 791. The minimum absolute atomic E-state index is 0.0332. The van der Waals surface area contributed by atoms with E-state index in [-0.39, 0.29) is 6.04 Å². The Balaban J connectivity index is 1.75. The van der Waals surface area contributed by atoms with E-state index in [9.17, 15) is 0 Å². The van der Waals surface area contributed by atoms with E-state index in [4.69, 9.17) is 12.2 Å². The number of rotatable bonds is 5. The molecule has 26 heavy (non-hydrogen) atoms. The monoisotopic (exact) mass is 361 g/mol. The van der Waals surface area contributed by atoms with Crippen LogP contribution in [0, 0.1) is 0 Å². The Kier molecular flexibility index (Phi) is 5.97. The fourth-order valence-electron chi connectivity index (χ4n) is 2.81. The van der Waals surface area contributed by atoms with Crippen molar-refractivity contribution in [1.82, 2.24) is 10.3 Å². The molecule has 0 aliphatic carbocycles. The zero-order valence-corrected chi connectivity index (χ0v) is 15.8. The molecule has 1 aromatic heterocycles. The SMILES string of the molecule is CC(C)c1ccc(NC(=S)N[C@@H](c2ccccc2)c2ccncc2)cc1. The van der Waals surface area contributed by atoms with Crippen LogP contribution in [0.5, 0.6) is 0 Å². The molecule has 0 saturated carbocycles. The van der Waals surface area contributed by atoms with E-state index in [1.807, 2.05) is 30.3 Å². The largest absolute Gasteiger partial charge is 0.352 e. The van der Waals surface area contributed by atoms with Gasteiger partial charge in [0.2, 0.25) is 0 Å². The molecular weight excluding hydrogens is 338 g/mol. The molecule has 0 amide bonds. The van der Waals surface area contributed by atoms with Crippen LogP contribution < -0.4 is 10.6 Å². The molecule has 0 spiro atoms. The van der Waals surface area contributed by atoms with E-state index in [2.05, 4.69) is 65.9 Å². The highest BCUT2D eigenvalue weighted by Crippen LogP contribution is 2.22. The zero-order valence-electron chi connectivity index (χ0n) is 15.0. The molecule has 4 heteroatoms. The average Bonchev–Trinajstić information content (AvgIpc) is 2.68. The minimum atomic E-state index is -0.0332. The maximum Gasteiger partial charge on any atom is 0.171 e. The molecule has 0 fully saturated rings. The van der Waals surface area contributed by atoms with Crippen molar-refractivity contribution in [3.63, 3.8) is 0 Å². The lowest BCUT2D eigenvalue weighted by Crippen LogP contribution is -2.33. The van der Waals surface area contributed by atoms with Gasteiger partial charge in [-0.05, 0) is 59.1 Å². The normalized spacial score (nSPS) is 11.8. The Hall–Kier alpha value is -2.72.